The van der Waals surface area contributed by atoms with Gasteiger partial charge in [-0.3, -0.25) is 4.79 Å². The normalized spacial score (nSPS) is 9.87. The van der Waals surface area contributed by atoms with E-state index in [0.29, 0.717) is 23.5 Å². The molecule has 3 nitrogen and oxygen atoms in total. The zero-order valence-corrected chi connectivity index (χ0v) is 9.59. The molecule has 0 spiro atoms. The summed E-state index contributed by atoms with van der Waals surface area (Å²) in [5.74, 6) is 1.37. The van der Waals surface area contributed by atoms with Gasteiger partial charge in [-0.05, 0) is 24.6 Å². The second-order valence-electron chi connectivity index (χ2n) is 3.30. The summed E-state index contributed by atoms with van der Waals surface area (Å²) in [6.45, 7) is 3.74. The molecule has 0 aliphatic heterocycles. The van der Waals surface area contributed by atoms with Crippen molar-refractivity contribution in [3.63, 3.8) is 0 Å². The van der Waals surface area contributed by atoms with E-state index < -0.39 is 0 Å². The van der Waals surface area contributed by atoms with Crippen LogP contribution >= 0.6 is 0 Å². The van der Waals surface area contributed by atoms with Gasteiger partial charge in [-0.25, -0.2) is 0 Å². The van der Waals surface area contributed by atoms with E-state index in [2.05, 4.69) is 0 Å². The average Bonchev–Trinajstić information content (AvgIpc) is 2.27. The minimum atomic E-state index is 0.119. The number of methoxy groups -OCH3 is 2. The van der Waals surface area contributed by atoms with Crippen LogP contribution in [-0.4, -0.2) is 20.0 Å². The zero-order valence-electron chi connectivity index (χ0n) is 9.59. The van der Waals surface area contributed by atoms with Gasteiger partial charge >= 0.3 is 0 Å². The van der Waals surface area contributed by atoms with E-state index in [1.165, 1.54) is 0 Å². The van der Waals surface area contributed by atoms with Gasteiger partial charge in [0.25, 0.3) is 0 Å². The molecule has 0 aliphatic carbocycles. The number of ether oxygens (including phenoxy) is 2. The van der Waals surface area contributed by atoms with Crippen molar-refractivity contribution in [2.75, 3.05) is 14.2 Å². The van der Waals surface area contributed by atoms with Crippen molar-refractivity contribution in [2.45, 2.75) is 20.3 Å². The lowest BCUT2D eigenvalue weighted by Gasteiger charge is -2.11. The van der Waals surface area contributed by atoms with Crippen molar-refractivity contribution in [1.29, 1.82) is 0 Å². The molecule has 82 valence electrons. The van der Waals surface area contributed by atoms with Crippen LogP contribution in [0, 0.1) is 6.92 Å². The highest BCUT2D eigenvalue weighted by Crippen LogP contribution is 2.30. The molecule has 1 aromatic rings. The molecule has 0 unspecified atom stereocenters. The number of aryl methyl sites for hydroxylation is 1. The van der Waals surface area contributed by atoms with Gasteiger partial charge in [0.1, 0.15) is 0 Å². The van der Waals surface area contributed by atoms with Crippen LogP contribution in [0.2, 0.25) is 0 Å². The summed E-state index contributed by atoms with van der Waals surface area (Å²) >= 11 is 0. The van der Waals surface area contributed by atoms with E-state index in [1.807, 2.05) is 19.9 Å². The number of ketones is 1. The predicted octanol–water partition coefficient (Wildman–Crippen LogP) is 2.60. The van der Waals surface area contributed by atoms with Crippen molar-refractivity contribution in [3.05, 3.63) is 23.3 Å². The summed E-state index contributed by atoms with van der Waals surface area (Å²) in [6, 6.07) is 3.56. The van der Waals surface area contributed by atoms with Gasteiger partial charge < -0.3 is 9.47 Å². The number of benzene rings is 1. The van der Waals surface area contributed by atoms with Crippen molar-refractivity contribution >= 4 is 5.78 Å². The van der Waals surface area contributed by atoms with E-state index in [4.69, 9.17) is 9.47 Å². The number of carbonyl (C=O) groups is 1. The second kappa shape index (κ2) is 4.82. The van der Waals surface area contributed by atoms with Crippen LogP contribution in [0.5, 0.6) is 11.5 Å². The number of carbonyl (C=O) groups excluding carboxylic acids is 1. The Bertz CT molecular complexity index is 369. The molecule has 0 radical (unpaired) electrons. The monoisotopic (exact) mass is 208 g/mol. The second-order valence-corrected chi connectivity index (χ2v) is 3.30. The van der Waals surface area contributed by atoms with Crippen LogP contribution in [-0.2, 0) is 0 Å². The molecular weight excluding hydrogens is 192 g/mol. The molecule has 1 rings (SSSR count). The Morgan fingerprint density at radius 2 is 1.73 bits per heavy atom. The van der Waals surface area contributed by atoms with Gasteiger partial charge in [0.05, 0.1) is 14.2 Å². The number of Topliss-reactive ketones (excluding diaryl/α,β-unsaturated/α-hetero) is 1. The Labute approximate surface area is 90.0 Å². The fourth-order valence-electron chi connectivity index (χ4n) is 1.47. The van der Waals surface area contributed by atoms with E-state index in [9.17, 15) is 4.79 Å². The number of hydrogen-bond donors (Lipinski definition) is 0. The minimum Gasteiger partial charge on any atom is -0.493 e. The van der Waals surface area contributed by atoms with Crippen LogP contribution in [0.25, 0.3) is 0 Å². The molecule has 1 aromatic carbocycles. The molecule has 0 saturated heterocycles. The molecule has 0 N–H and O–H groups in total. The maximum atomic E-state index is 11.6. The molecule has 0 aliphatic rings. The topological polar surface area (TPSA) is 35.5 Å². The first-order chi connectivity index (χ1) is 7.13. The lowest BCUT2D eigenvalue weighted by molar-refractivity contribution is 0.0987. The Balaban J connectivity index is 3.25. The minimum absolute atomic E-state index is 0.119. The highest BCUT2D eigenvalue weighted by atomic mass is 16.5. The predicted molar refractivity (Wildman–Crippen MR) is 58.9 cm³/mol. The average molecular weight is 208 g/mol. The van der Waals surface area contributed by atoms with Gasteiger partial charge in [-0.1, -0.05) is 6.92 Å². The molecule has 0 saturated carbocycles. The summed E-state index contributed by atoms with van der Waals surface area (Å²) in [5.41, 5.74) is 1.62. The van der Waals surface area contributed by atoms with Crippen LogP contribution in [0.3, 0.4) is 0 Å². The van der Waals surface area contributed by atoms with Crippen molar-refractivity contribution in [2.24, 2.45) is 0 Å². The SMILES string of the molecule is CCC(=O)c1cc(OC)c(OC)cc1C. The van der Waals surface area contributed by atoms with Crippen molar-refractivity contribution in [3.8, 4) is 11.5 Å². The lowest BCUT2D eigenvalue weighted by atomic mass is 10.0. The lowest BCUT2D eigenvalue weighted by Crippen LogP contribution is -2.02. The third kappa shape index (κ3) is 2.29. The van der Waals surface area contributed by atoms with Gasteiger partial charge in [-0.2, -0.15) is 0 Å². The number of rotatable bonds is 4. The first kappa shape index (κ1) is 11.6. The fraction of sp³-hybridized carbons (Fsp3) is 0.417. The third-order valence-electron chi connectivity index (χ3n) is 2.35. The van der Waals surface area contributed by atoms with E-state index in [1.54, 1.807) is 20.3 Å². The standard InChI is InChI=1S/C12H16O3/c1-5-10(13)9-7-12(15-4)11(14-3)6-8(9)2/h6-7H,5H2,1-4H3. The molecule has 0 heterocycles. The quantitative estimate of drug-likeness (QED) is 0.713. The molecule has 0 bridgehead atoms. The van der Waals surface area contributed by atoms with Gasteiger partial charge in [0.15, 0.2) is 17.3 Å². The highest BCUT2D eigenvalue weighted by Gasteiger charge is 2.12. The van der Waals surface area contributed by atoms with Crippen LogP contribution in [0.4, 0.5) is 0 Å². The first-order valence-electron chi connectivity index (χ1n) is 4.89. The molecular formula is C12H16O3. The Kier molecular flexibility index (Phi) is 3.72. The molecule has 0 atom stereocenters. The van der Waals surface area contributed by atoms with Crippen molar-refractivity contribution in [1.82, 2.24) is 0 Å². The molecule has 0 fully saturated rings. The van der Waals surface area contributed by atoms with Crippen LogP contribution < -0.4 is 9.47 Å². The van der Waals surface area contributed by atoms with Gasteiger partial charge in [0, 0.05) is 12.0 Å². The highest BCUT2D eigenvalue weighted by molar-refractivity contribution is 5.97. The fourth-order valence-corrected chi connectivity index (χ4v) is 1.47. The van der Waals surface area contributed by atoms with Crippen LogP contribution in [0.15, 0.2) is 12.1 Å². The molecule has 15 heavy (non-hydrogen) atoms. The molecule has 0 aromatic heterocycles. The maximum absolute atomic E-state index is 11.6. The number of hydrogen-bond acceptors (Lipinski definition) is 3. The Morgan fingerprint density at radius 1 is 1.20 bits per heavy atom. The first-order valence-corrected chi connectivity index (χ1v) is 4.89. The molecule has 3 heteroatoms. The van der Waals surface area contributed by atoms with E-state index in [0.717, 1.165) is 5.56 Å². The molecule has 0 amide bonds. The largest absolute Gasteiger partial charge is 0.493 e. The summed E-state index contributed by atoms with van der Waals surface area (Å²) in [4.78, 5) is 11.6. The van der Waals surface area contributed by atoms with Crippen LogP contribution in [0.1, 0.15) is 29.3 Å². The summed E-state index contributed by atoms with van der Waals surface area (Å²) in [7, 11) is 3.14. The van der Waals surface area contributed by atoms with E-state index in [-0.39, 0.29) is 5.78 Å². The zero-order chi connectivity index (χ0) is 11.4. The van der Waals surface area contributed by atoms with Gasteiger partial charge in [0.2, 0.25) is 0 Å². The van der Waals surface area contributed by atoms with E-state index >= 15 is 0 Å². The summed E-state index contributed by atoms with van der Waals surface area (Å²) < 4.78 is 10.3. The summed E-state index contributed by atoms with van der Waals surface area (Å²) in [6.07, 6.45) is 0.496. The maximum Gasteiger partial charge on any atom is 0.163 e. The Morgan fingerprint density at radius 3 is 2.20 bits per heavy atom. The van der Waals surface area contributed by atoms with Gasteiger partial charge in [-0.15, -0.1) is 0 Å². The smallest absolute Gasteiger partial charge is 0.163 e. The van der Waals surface area contributed by atoms with Crippen molar-refractivity contribution < 1.29 is 14.3 Å². The Hall–Kier alpha value is -1.51. The summed E-state index contributed by atoms with van der Waals surface area (Å²) in [5, 5.41) is 0. The third-order valence-corrected chi connectivity index (χ3v) is 2.35.